The van der Waals surface area contributed by atoms with Crippen LogP contribution in [-0.4, -0.2) is 81.7 Å². The highest BCUT2D eigenvalue weighted by Gasteiger charge is 2.27. The first-order valence-corrected chi connectivity index (χ1v) is 12.0. The van der Waals surface area contributed by atoms with Crippen LogP contribution in [0.5, 0.6) is 0 Å². The van der Waals surface area contributed by atoms with Gasteiger partial charge in [0.1, 0.15) is 5.82 Å². The molecule has 162 valence electrons. The Morgan fingerprint density at radius 3 is 2.28 bits per heavy atom. The summed E-state index contributed by atoms with van der Waals surface area (Å²) in [6.45, 7) is 6.46. The smallest absolute Gasteiger partial charge is 0.236 e. The van der Waals surface area contributed by atoms with Gasteiger partial charge in [-0.3, -0.25) is 9.69 Å². The minimum absolute atomic E-state index is 0.0304. The van der Waals surface area contributed by atoms with Crippen LogP contribution in [0.2, 0.25) is 0 Å². The van der Waals surface area contributed by atoms with Gasteiger partial charge in [-0.25, -0.2) is 17.5 Å². The summed E-state index contributed by atoms with van der Waals surface area (Å²) in [5.41, 5.74) is 0.978. The number of amides is 1. The molecule has 2 aliphatic heterocycles. The highest BCUT2D eigenvalue weighted by Crippen LogP contribution is 2.17. The molecule has 0 spiro atoms. The van der Waals surface area contributed by atoms with Crippen molar-refractivity contribution in [3.63, 3.8) is 0 Å². The maximum Gasteiger partial charge on any atom is 0.236 e. The predicted molar refractivity (Wildman–Crippen MR) is 112 cm³/mol. The van der Waals surface area contributed by atoms with Crippen LogP contribution in [0.4, 0.5) is 10.1 Å². The predicted octanol–water partition coefficient (Wildman–Crippen LogP) is 1.27. The van der Waals surface area contributed by atoms with Crippen LogP contribution in [0.1, 0.15) is 26.2 Å². The summed E-state index contributed by atoms with van der Waals surface area (Å²) in [5.74, 6) is 0.0357. The van der Waals surface area contributed by atoms with Crippen LogP contribution in [-0.2, 0) is 14.8 Å². The zero-order valence-electron chi connectivity index (χ0n) is 17.0. The minimum Gasteiger partial charge on any atom is -0.368 e. The van der Waals surface area contributed by atoms with Gasteiger partial charge < -0.3 is 9.80 Å². The number of piperidine rings is 1. The van der Waals surface area contributed by atoms with Crippen LogP contribution in [0.15, 0.2) is 24.3 Å². The van der Waals surface area contributed by atoms with E-state index in [2.05, 4.69) is 14.5 Å². The third-order valence-electron chi connectivity index (χ3n) is 5.59. The van der Waals surface area contributed by atoms with Crippen LogP contribution in [0.25, 0.3) is 0 Å². The van der Waals surface area contributed by atoms with Gasteiger partial charge in [0, 0.05) is 51.0 Å². The Bertz CT molecular complexity index is 771. The van der Waals surface area contributed by atoms with Gasteiger partial charge in [0.2, 0.25) is 15.9 Å². The number of anilines is 1. The molecule has 29 heavy (non-hydrogen) atoms. The van der Waals surface area contributed by atoms with Crippen molar-refractivity contribution in [2.45, 2.75) is 32.2 Å². The number of likely N-dealkylation sites (tertiary alicyclic amines) is 1. The fourth-order valence-electron chi connectivity index (χ4n) is 3.95. The lowest BCUT2D eigenvalue weighted by Crippen LogP contribution is -2.53. The van der Waals surface area contributed by atoms with Crippen molar-refractivity contribution in [2.75, 3.05) is 56.5 Å². The topological polar surface area (TPSA) is 73.0 Å². The van der Waals surface area contributed by atoms with Gasteiger partial charge in [0.05, 0.1) is 12.3 Å². The van der Waals surface area contributed by atoms with Crippen LogP contribution in [0, 0.1) is 5.82 Å². The van der Waals surface area contributed by atoms with Crippen LogP contribution < -0.4 is 9.62 Å². The molecule has 2 fully saturated rings. The lowest BCUT2D eigenvalue weighted by atomic mass is 10.1. The van der Waals surface area contributed by atoms with E-state index in [0.29, 0.717) is 26.1 Å². The molecule has 0 saturated carbocycles. The molecule has 3 rings (SSSR count). The number of carbonyl (C=O) groups is 1. The van der Waals surface area contributed by atoms with E-state index in [4.69, 9.17) is 0 Å². The van der Waals surface area contributed by atoms with Gasteiger partial charge in [0.25, 0.3) is 0 Å². The van der Waals surface area contributed by atoms with Gasteiger partial charge in [-0.2, -0.15) is 0 Å². The number of benzene rings is 1. The molecule has 0 unspecified atom stereocenters. The number of carbonyl (C=O) groups excluding carboxylic acids is 1. The van der Waals surface area contributed by atoms with Crippen LogP contribution in [0.3, 0.4) is 0 Å². The van der Waals surface area contributed by atoms with Gasteiger partial charge in [-0.15, -0.1) is 0 Å². The molecular formula is C20H31FN4O3S. The third kappa shape index (κ3) is 6.38. The number of hydrogen-bond acceptors (Lipinski definition) is 5. The van der Waals surface area contributed by atoms with Crippen molar-refractivity contribution in [2.24, 2.45) is 0 Å². The molecule has 2 aliphatic rings. The maximum atomic E-state index is 13.1. The van der Waals surface area contributed by atoms with Crippen molar-refractivity contribution < 1.29 is 17.6 Å². The Morgan fingerprint density at radius 1 is 1.07 bits per heavy atom. The van der Waals surface area contributed by atoms with Crippen molar-refractivity contribution in [1.82, 2.24) is 14.5 Å². The number of rotatable bonds is 7. The first-order valence-electron chi connectivity index (χ1n) is 10.4. The van der Waals surface area contributed by atoms with Gasteiger partial charge in [0.15, 0.2) is 0 Å². The molecule has 1 aromatic rings. The number of hydrogen-bond donors (Lipinski definition) is 1. The number of nitrogens with one attached hydrogen (secondary N) is 1. The second-order valence-corrected chi connectivity index (χ2v) is 9.70. The van der Waals surface area contributed by atoms with E-state index < -0.39 is 10.0 Å². The molecule has 0 radical (unpaired) electrons. The first-order chi connectivity index (χ1) is 13.9. The molecule has 2 saturated heterocycles. The molecule has 9 heteroatoms. The maximum absolute atomic E-state index is 13.1. The minimum atomic E-state index is -3.19. The summed E-state index contributed by atoms with van der Waals surface area (Å²) in [7, 11) is -3.19. The lowest BCUT2D eigenvalue weighted by molar-refractivity contribution is -0.133. The van der Waals surface area contributed by atoms with E-state index in [0.717, 1.165) is 44.7 Å². The summed E-state index contributed by atoms with van der Waals surface area (Å²) < 4.78 is 39.7. The Kier molecular flexibility index (Phi) is 7.48. The molecule has 0 atom stereocenters. The molecule has 2 heterocycles. The summed E-state index contributed by atoms with van der Waals surface area (Å²) in [6.07, 6.45) is 2.07. The normalized spacial score (nSPS) is 19.5. The highest BCUT2D eigenvalue weighted by molar-refractivity contribution is 7.89. The van der Waals surface area contributed by atoms with Crippen molar-refractivity contribution >= 4 is 21.6 Å². The van der Waals surface area contributed by atoms with E-state index in [1.807, 2.05) is 11.8 Å². The molecule has 0 aromatic heterocycles. The lowest BCUT2D eigenvalue weighted by Gasteiger charge is -2.38. The molecule has 1 N–H and O–H groups in total. The molecule has 0 bridgehead atoms. The van der Waals surface area contributed by atoms with Crippen molar-refractivity contribution in [3.05, 3.63) is 30.1 Å². The van der Waals surface area contributed by atoms with E-state index in [9.17, 15) is 17.6 Å². The Labute approximate surface area is 172 Å². The fourth-order valence-corrected chi connectivity index (χ4v) is 5.35. The monoisotopic (exact) mass is 426 g/mol. The van der Waals surface area contributed by atoms with Gasteiger partial charge in [-0.1, -0.05) is 6.92 Å². The largest absolute Gasteiger partial charge is 0.368 e. The van der Waals surface area contributed by atoms with E-state index in [1.54, 1.807) is 12.1 Å². The van der Waals surface area contributed by atoms with Gasteiger partial charge in [-0.05, 0) is 43.5 Å². The zero-order valence-corrected chi connectivity index (χ0v) is 17.8. The average molecular weight is 427 g/mol. The molecular weight excluding hydrogens is 395 g/mol. The van der Waals surface area contributed by atoms with E-state index in [1.165, 1.54) is 12.1 Å². The second kappa shape index (κ2) is 9.86. The third-order valence-corrected chi connectivity index (χ3v) is 7.23. The fraction of sp³-hybridized carbons (Fsp3) is 0.650. The van der Waals surface area contributed by atoms with E-state index >= 15 is 0 Å². The Morgan fingerprint density at radius 2 is 1.69 bits per heavy atom. The zero-order chi connectivity index (χ0) is 20.9. The van der Waals surface area contributed by atoms with Crippen LogP contribution >= 0.6 is 0 Å². The highest BCUT2D eigenvalue weighted by atomic mass is 32.2. The second-order valence-electron chi connectivity index (χ2n) is 7.83. The van der Waals surface area contributed by atoms with Crippen molar-refractivity contribution in [1.29, 1.82) is 0 Å². The molecule has 7 nitrogen and oxygen atoms in total. The average Bonchev–Trinajstić information content (AvgIpc) is 2.70. The summed E-state index contributed by atoms with van der Waals surface area (Å²) >= 11 is 0. The van der Waals surface area contributed by atoms with Crippen molar-refractivity contribution in [3.8, 4) is 0 Å². The number of piperazine rings is 1. The number of sulfonamides is 1. The number of halogens is 1. The molecule has 1 amide bonds. The summed E-state index contributed by atoms with van der Waals surface area (Å²) in [5, 5.41) is 0. The van der Waals surface area contributed by atoms with Gasteiger partial charge >= 0.3 is 0 Å². The summed E-state index contributed by atoms with van der Waals surface area (Å²) in [4.78, 5) is 18.8. The SMILES string of the molecule is CCCS(=O)(=O)NC1CCN(CC(=O)N2CCN(c3ccc(F)cc3)CC2)CC1. The molecule has 1 aromatic carbocycles. The Hall–Kier alpha value is -1.71. The standard InChI is InChI=1S/C20H31FN4O3S/c1-2-15-29(27,28)22-18-7-9-23(10-8-18)16-20(26)25-13-11-24(12-14-25)19-5-3-17(21)4-6-19/h3-6,18,22H,2,7-16H2,1H3. The van der Waals surface area contributed by atoms with E-state index in [-0.39, 0.29) is 23.5 Å². The molecule has 0 aliphatic carbocycles. The number of nitrogens with zero attached hydrogens (tertiary/aromatic N) is 3. The quantitative estimate of drug-likeness (QED) is 0.711. The Balaban J connectivity index is 1.40. The summed E-state index contributed by atoms with van der Waals surface area (Å²) in [6, 6.07) is 6.42. The first kappa shape index (κ1) is 22.0.